The summed E-state index contributed by atoms with van der Waals surface area (Å²) < 4.78 is 5.44. The molecule has 5 rings (SSSR count). The van der Waals surface area contributed by atoms with E-state index >= 15 is 0 Å². The molecule has 196 valence electrons. The van der Waals surface area contributed by atoms with E-state index in [1.165, 1.54) is 4.90 Å². The maximum atomic E-state index is 13.8. The second-order valence-electron chi connectivity index (χ2n) is 11.0. The van der Waals surface area contributed by atoms with E-state index in [0.29, 0.717) is 24.4 Å². The highest BCUT2D eigenvalue weighted by atomic mass is 16.5. The van der Waals surface area contributed by atoms with Crippen LogP contribution in [0.3, 0.4) is 0 Å². The summed E-state index contributed by atoms with van der Waals surface area (Å²) in [6.45, 7) is 8.34. The van der Waals surface area contributed by atoms with Crippen LogP contribution in [-0.4, -0.2) is 102 Å². The van der Waals surface area contributed by atoms with Gasteiger partial charge in [0.2, 0.25) is 5.91 Å². The van der Waals surface area contributed by atoms with Crippen molar-refractivity contribution in [1.82, 2.24) is 15.1 Å². The van der Waals surface area contributed by atoms with Crippen LogP contribution in [0.5, 0.6) is 0 Å². The third-order valence-electron chi connectivity index (χ3n) is 8.43. The molecular formula is C27H38N4O5. The molecule has 0 aromatic heterocycles. The van der Waals surface area contributed by atoms with Gasteiger partial charge in [-0.05, 0) is 51.0 Å². The number of hydrogen-bond donors (Lipinski definition) is 2. The topological polar surface area (TPSA) is 102 Å². The minimum atomic E-state index is -1.07. The van der Waals surface area contributed by atoms with Gasteiger partial charge in [-0.3, -0.25) is 19.3 Å². The molecule has 0 bridgehead atoms. The van der Waals surface area contributed by atoms with Crippen molar-refractivity contribution in [2.45, 2.75) is 75.8 Å². The highest BCUT2D eigenvalue weighted by Gasteiger charge is 2.55. The number of likely N-dealkylation sites (tertiary alicyclic amines) is 1. The van der Waals surface area contributed by atoms with Gasteiger partial charge in [0.15, 0.2) is 5.78 Å². The van der Waals surface area contributed by atoms with E-state index in [9.17, 15) is 19.5 Å². The van der Waals surface area contributed by atoms with Crippen LogP contribution in [0.15, 0.2) is 24.3 Å². The smallest absolute Gasteiger partial charge is 0.252 e. The third-order valence-corrected chi connectivity index (χ3v) is 8.43. The lowest BCUT2D eigenvalue weighted by atomic mass is 9.80. The van der Waals surface area contributed by atoms with Gasteiger partial charge in [-0.2, -0.15) is 0 Å². The van der Waals surface area contributed by atoms with Crippen LogP contribution in [0.2, 0.25) is 0 Å². The fourth-order valence-electron chi connectivity index (χ4n) is 6.27. The Kier molecular flexibility index (Phi) is 7.07. The maximum absolute atomic E-state index is 13.8. The van der Waals surface area contributed by atoms with Crippen molar-refractivity contribution in [3.8, 4) is 0 Å². The van der Waals surface area contributed by atoms with Crippen LogP contribution in [0.25, 0.3) is 0 Å². The lowest BCUT2D eigenvalue weighted by Crippen LogP contribution is -2.62. The molecule has 0 unspecified atom stereocenters. The average molecular weight is 499 g/mol. The molecule has 4 aliphatic rings. The molecule has 36 heavy (non-hydrogen) atoms. The number of nitrogens with zero attached hydrogens (tertiary/aromatic N) is 3. The molecule has 2 N–H and O–H groups in total. The second-order valence-corrected chi connectivity index (χ2v) is 11.0. The number of piperazine rings is 1. The van der Waals surface area contributed by atoms with Crippen molar-refractivity contribution < 1.29 is 24.2 Å². The van der Waals surface area contributed by atoms with E-state index in [0.717, 1.165) is 51.1 Å². The zero-order valence-corrected chi connectivity index (χ0v) is 21.3. The number of aliphatic hydroxyl groups excluding tert-OH is 1. The number of nitrogens with one attached hydrogen (secondary N) is 1. The van der Waals surface area contributed by atoms with E-state index in [-0.39, 0.29) is 30.7 Å². The number of carbonyl (C=O) groups excluding carboxylic acids is 3. The number of carbonyl (C=O) groups is 3. The SMILES string of the molecule is CC(C)N1CCN(c2ccc(C(=O)NC3(C(=O)N4C[C@H](O)[C@H]5OCC(=O)[C@H]54)CCCCC3)cc2)CC1. The highest BCUT2D eigenvalue weighted by molar-refractivity contribution is 6.01. The molecular weight excluding hydrogens is 460 g/mol. The quantitative estimate of drug-likeness (QED) is 0.629. The first-order chi connectivity index (χ1) is 17.3. The number of amides is 2. The van der Waals surface area contributed by atoms with Gasteiger partial charge in [0.25, 0.3) is 5.91 Å². The Bertz CT molecular complexity index is 982. The van der Waals surface area contributed by atoms with E-state index in [1.807, 2.05) is 24.3 Å². The molecule has 1 saturated carbocycles. The number of ether oxygens (including phenoxy) is 1. The van der Waals surface area contributed by atoms with Crippen molar-refractivity contribution in [2.75, 3.05) is 44.2 Å². The predicted octanol–water partition coefficient (Wildman–Crippen LogP) is 1.19. The van der Waals surface area contributed by atoms with Gasteiger partial charge in [0.1, 0.15) is 30.4 Å². The van der Waals surface area contributed by atoms with Crippen molar-refractivity contribution in [1.29, 1.82) is 0 Å². The summed E-state index contributed by atoms with van der Waals surface area (Å²) in [6.07, 6.45) is 2.12. The minimum absolute atomic E-state index is 0.0519. The Morgan fingerprint density at radius 1 is 1.06 bits per heavy atom. The monoisotopic (exact) mass is 498 g/mol. The first-order valence-corrected chi connectivity index (χ1v) is 13.3. The fourth-order valence-corrected chi connectivity index (χ4v) is 6.27. The van der Waals surface area contributed by atoms with Crippen LogP contribution in [0, 0.1) is 0 Å². The molecule has 9 heteroatoms. The van der Waals surface area contributed by atoms with E-state index in [4.69, 9.17) is 4.74 Å². The third kappa shape index (κ3) is 4.64. The molecule has 1 aromatic rings. The Labute approximate surface area is 212 Å². The Morgan fingerprint density at radius 3 is 2.36 bits per heavy atom. The molecule has 1 aromatic carbocycles. The van der Waals surface area contributed by atoms with E-state index in [1.54, 1.807) is 0 Å². The summed E-state index contributed by atoms with van der Waals surface area (Å²) >= 11 is 0. The van der Waals surface area contributed by atoms with Crippen LogP contribution in [-0.2, 0) is 14.3 Å². The van der Waals surface area contributed by atoms with Gasteiger partial charge in [-0.15, -0.1) is 0 Å². The molecule has 1 aliphatic carbocycles. The summed E-state index contributed by atoms with van der Waals surface area (Å²) in [5.41, 5.74) is 0.533. The Hall–Kier alpha value is -2.49. The highest BCUT2D eigenvalue weighted by Crippen LogP contribution is 2.35. The van der Waals surface area contributed by atoms with Gasteiger partial charge >= 0.3 is 0 Å². The maximum Gasteiger partial charge on any atom is 0.252 e. The standard InChI is InChI=1S/C27H38N4O5/c1-18(2)29-12-14-30(15-13-29)20-8-6-19(7-9-20)25(34)28-27(10-4-3-5-11-27)26(35)31-16-21(32)24-23(31)22(33)17-36-24/h6-9,18,21,23-24,32H,3-5,10-17H2,1-2H3,(H,28,34)/t21-,23+,24+/m0/s1. The molecule has 0 radical (unpaired) electrons. The molecule has 0 spiro atoms. The lowest BCUT2D eigenvalue weighted by molar-refractivity contribution is -0.143. The number of anilines is 1. The van der Waals surface area contributed by atoms with Gasteiger partial charge < -0.3 is 25.0 Å². The summed E-state index contributed by atoms with van der Waals surface area (Å²) in [5, 5.41) is 13.5. The number of β-amino-alcohol motifs (C(OH)–C–C–N with tert-alkyl or cyclic N) is 1. The normalized spacial score (nSPS) is 28.4. The van der Waals surface area contributed by atoms with Crippen molar-refractivity contribution in [3.05, 3.63) is 29.8 Å². The van der Waals surface area contributed by atoms with Crippen LogP contribution < -0.4 is 10.2 Å². The summed E-state index contributed by atoms with van der Waals surface area (Å²) in [4.78, 5) is 45.9. The van der Waals surface area contributed by atoms with E-state index < -0.39 is 23.8 Å². The zero-order chi connectivity index (χ0) is 25.4. The number of Topliss-reactive ketones (excluding diaryl/α,β-unsaturated/α-hetero) is 1. The van der Waals surface area contributed by atoms with Crippen molar-refractivity contribution in [2.24, 2.45) is 0 Å². The van der Waals surface area contributed by atoms with Gasteiger partial charge in [0.05, 0.1) is 6.54 Å². The molecule has 3 aliphatic heterocycles. The zero-order valence-electron chi connectivity index (χ0n) is 21.3. The summed E-state index contributed by atoms with van der Waals surface area (Å²) in [5.74, 6) is -0.751. The van der Waals surface area contributed by atoms with Crippen LogP contribution in [0.4, 0.5) is 5.69 Å². The Morgan fingerprint density at radius 2 is 1.72 bits per heavy atom. The number of hydrogen-bond acceptors (Lipinski definition) is 7. The fraction of sp³-hybridized carbons (Fsp3) is 0.667. The van der Waals surface area contributed by atoms with Crippen molar-refractivity contribution in [3.63, 3.8) is 0 Å². The largest absolute Gasteiger partial charge is 0.388 e. The molecule has 3 heterocycles. The molecule has 4 fully saturated rings. The minimum Gasteiger partial charge on any atom is -0.388 e. The summed E-state index contributed by atoms with van der Waals surface area (Å²) in [7, 11) is 0. The number of rotatable bonds is 5. The predicted molar refractivity (Wildman–Crippen MR) is 135 cm³/mol. The molecule has 2 amide bonds. The molecule has 3 saturated heterocycles. The van der Waals surface area contributed by atoms with Gasteiger partial charge in [-0.25, -0.2) is 0 Å². The molecule has 3 atom stereocenters. The number of aliphatic hydroxyl groups is 1. The van der Waals surface area contributed by atoms with Crippen LogP contribution in [0.1, 0.15) is 56.3 Å². The van der Waals surface area contributed by atoms with Gasteiger partial charge in [-0.1, -0.05) is 19.3 Å². The van der Waals surface area contributed by atoms with Crippen LogP contribution >= 0.6 is 0 Å². The number of benzene rings is 1. The van der Waals surface area contributed by atoms with Gasteiger partial charge in [0, 0.05) is 43.5 Å². The first-order valence-electron chi connectivity index (χ1n) is 13.3. The second kappa shape index (κ2) is 10.1. The number of ketones is 1. The van der Waals surface area contributed by atoms with Crippen molar-refractivity contribution >= 4 is 23.3 Å². The Balaban J connectivity index is 1.29. The summed E-state index contributed by atoms with van der Waals surface area (Å²) in [6, 6.07) is 7.38. The molecule has 9 nitrogen and oxygen atoms in total. The first kappa shape index (κ1) is 25.2. The number of fused-ring (bicyclic) bond motifs is 1. The average Bonchev–Trinajstić information content (AvgIpc) is 3.44. The lowest BCUT2D eigenvalue weighted by Gasteiger charge is -2.40. The van der Waals surface area contributed by atoms with E-state index in [2.05, 4.69) is 29.0 Å².